The average molecular weight is 367 g/mol. The van der Waals surface area contributed by atoms with Gasteiger partial charge in [0.2, 0.25) is 0 Å². The minimum Gasteiger partial charge on any atom is -0.484 e. The molecule has 2 N–H and O–H groups in total. The van der Waals surface area contributed by atoms with Crippen LogP contribution in [0.25, 0.3) is 0 Å². The van der Waals surface area contributed by atoms with E-state index in [1.165, 1.54) is 6.07 Å². The summed E-state index contributed by atoms with van der Waals surface area (Å²) in [5.74, 6) is 0.638. The molecule has 26 heavy (non-hydrogen) atoms. The molecule has 5 nitrogen and oxygen atoms in total. The predicted molar refractivity (Wildman–Crippen MR) is 92.1 cm³/mol. The Labute approximate surface area is 149 Å². The molecular weight excluding hydrogens is 347 g/mol. The standard InChI is InChI=1S/C18H20F3N3O2/c1-12-3-5-15(9-13(12)2)26-11-17(25)23-8-7-22-16-6-4-14(10-24-16)18(19,20)21/h3-6,9-10H,7-8,11H2,1-2H3,(H,22,24)(H,23,25). The van der Waals surface area contributed by atoms with Gasteiger partial charge in [-0.05, 0) is 49.2 Å². The van der Waals surface area contributed by atoms with E-state index in [9.17, 15) is 18.0 Å². The molecule has 0 spiro atoms. The minimum absolute atomic E-state index is 0.110. The number of carbonyl (C=O) groups excluding carboxylic acids is 1. The molecule has 0 saturated heterocycles. The molecule has 0 aliphatic heterocycles. The summed E-state index contributed by atoms with van der Waals surface area (Å²) in [4.78, 5) is 15.4. The fraction of sp³-hybridized carbons (Fsp3) is 0.333. The highest BCUT2D eigenvalue weighted by molar-refractivity contribution is 5.77. The highest BCUT2D eigenvalue weighted by atomic mass is 19.4. The lowest BCUT2D eigenvalue weighted by atomic mass is 10.1. The number of carbonyl (C=O) groups is 1. The number of hydrogen-bond donors (Lipinski definition) is 2. The van der Waals surface area contributed by atoms with Crippen LogP contribution in [0.3, 0.4) is 0 Å². The summed E-state index contributed by atoms with van der Waals surface area (Å²) in [7, 11) is 0. The molecule has 2 rings (SSSR count). The van der Waals surface area contributed by atoms with E-state index in [0.717, 1.165) is 23.4 Å². The van der Waals surface area contributed by atoms with Crippen LogP contribution in [0.5, 0.6) is 5.75 Å². The highest BCUT2D eigenvalue weighted by Gasteiger charge is 2.30. The molecule has 0 fully saturated rings. The molecule has 0 atom stereocenters. The number of nitrogens with one attached hydrogen (secondary N) is 2. The number of pyridine rings is 1. The second-order valence-corrected chi connectivity index (χ2v) is 5.74. The smallest absolute Gasteiger partial charge is 0.417 e. The second kappa shape index (κ2) is 8.55. The van der Waals surface area contributed by atoms with Crippen LogP contribution >= 0.6 is 0 Å². The molecule has 1 amide bonds. The number of nitrogens with zero attached hydrogens (tertiary/aromatic N) is 1. The van der Waals surface area contributed by atoms with Gasteiger partial charge in [-0.3, -0.25) is 4.79 Å². The van der Waals surface area contributed by atoms with E-state index in [0.29, 0.717) is 18.1 Å². The van der Waals surface area contributed by atoms with Gasteiger partial charge in [0.15, 0.2) is 6.61 Å². The van der Waals surface area contributed by atoms with Gasteiger partial charge >= 0.3 is 6.18 Å². The van der Waals surface area contributed by atoms with E-state index in [1.54, 1.807) is 6.07 Å². The number of alkyl halides is 3. The summed E-state index contributed by atoms with van der Waals surface area (Å²) in [5, 5.41) is 5.48. The third-order valence-electron chi connectivity index (χ3n) is 3.69. The lowest BCUT2D eigenvalue weighted by Gasteiger charge is -2.10. The molecule has 0 unspecified atom stereocenters. The fourth-order valence-corrected chi connectivity index (χ4v) is 2.06. The maximum Gasteiger partial charge on any atom is 0.417 e. The number of rotatable bonds is 7. The summed E-state index contributed by atoms with van der Waals surface area (Å²) >= 11 is 0. The first kappa shape index (κ1) is 19.6. The van der Waals surface area contributed by atoms with Crippen molar-refractivity contribution in [3.8, 4) is 5.75 Å². The molecule has 0 bridgehead atoms. The number of halogens is 3. The molecule has 0 saturated carbocycles. The third-order valence-corrected chi connectivity index (χ3v) is 3.69. The molecule has 0 aliphatic rings. The topological polar surface area (TPSA) is 63.2 Å². The monoisotopic (exact) mass is 367 g/mol. The zero-order valence-corrected chi connectivity index (χ0v) is 14.5. The van der Waals surface area contributed by atoms with Crippen molar-refractivity contribution >= 4 is 11.7 Å². The highest BCUT2D eigenvalue weighted by Crippen LogP contribution is 2.28. The second-order valence-electron chi connectivity index (χ2n) is 5.74. The normalized spacial score (nSPS) is 11.1. The van der Waals surface area contributed by atoms with Crippen molar-refractivity contribution in [3.63, 3.8) is 0 Å². The summed E-state index contributed by atoms with van der Waals surface area (Å²) < 4.78 is 42.7. The van der Waals surface area contributed by atoms with E-state index >= 15 is 0 Å². The maximum atomic E-state index is 12.4. The average Bonchev–Trinajstić information content (AvgIpc) is 2.59. The van der Waals surface area contributed by atoms with E-state index in [4.69, 9.17) is 4.74 Å². The van der Waals surface area contributed by atoms with Crippen LogP contribution in [0.2, 0.25) is 0 Å². The third kappa shape index (κ3) is 5.94. The zero-order chi connectivity index (χ0) is 19.2. The fourth-order valence-electron chi connectivity index (χ4n) is 2.06. The van der Waals surface area contributed by atoms with Crippen molar-refractivity contribution in [2.45, 2.75) is 20.0 Å². The van der Waals surface area contributed by atoms with Crippen LogP contribution in [-0.4, -0.2) is 30.6 Å². The van der Waals surface area contributed by atoms with Crippen molar-refractivity contribution in [3.05, 3.63) is 53.2 Å². The van der Waals surface area contributed by atoms with E-state index in [2.05, 4.69) is 15.6 Å². The molecule has 1 heterocycles. The Hall–Kier alpha value is -2.77. The molecule has 1 aromatic heterocycles. The molecule has 0 aliphatic carbocycles. The van der Waals surface area contributed by atoms with Crippen LogP contribution in [0.1, 0.15) is 16.7 Å². The van der Waals surface area contributed by atoms with Crippen LogP contribution in [0.15, 0.2) is 36.5 Å². The van der Waals surface area contributed by atoms with E-state index < -0.39 is 11.7 Å². The number of amides is 1. The van der Waals surface area contributed by atoms with Gasteiger partial charge in [-0.15, -0.1) is 0 Å². The number of ether oxygens (including phenoxy) is 1. The summed E-state index contributed by atoms with van der Waals surface area (Å²) in [6.45, 7) is 4.46. The van der Waals surface area contributed by atoms with Gasteiger partial charge in [0, 0.05) is 19.3 Å². The van der Waals surface area contributed by atoms with Gasteiger partial charge in [0.05, 0.1) is 5.56 Å². The Morgan fingerprint density at radius 1 is 1.12 bits per heavy atom. The molecule has 2 aromatic rings. The largest absolute Gasteiger partial charge is 0.484 e. The molecule has 0 radical (unpaired) electrons. The number of aryl methyl sites for hydroxylation is 2. The van der Waals surface area contributed by atoms with Crippen molar-refractivity contribution in [2.75, 3.05) is 25.0 Å². The van der Waals surface area contributed by atoms with E-state index in [-0.39, 0.29) is 19.1 Å². The molecule has 8 heteroatoms. The Morgan fingerprint density at radius 2 is 1.88 bits per heavy atom. The summed E-state index contributed by atoms with van der Waals surface area (Å²) in [6.07, 6.45) is -3.65. The van der Waals surface area contributed by atoms with Crippen molar-refractivity contribution in [1.82, 2.24) is 10.3 Å². The Kier molecular flexibility index (Phi) is 6.43. The Morgan fingerprint density at radius 3 is 2.50 bits per heavy atom. The van der Waals surface area contributed by atoms with Gasteiger partial charge in [-0.25, -0.2) is 4.98 Å². The van der Waals surface area contributed by atoms with Crippen LogP contribution in [-0.2, 0) is 11.0 Å². The van der Waals surface area contributed by atoms with Gasteiger partial charge in [0.25, 0.3) is 5.91 Å². The summed E-state index contributed by atoms with van der Waals surface area (Å²) in [5.41, 5.74) is 1.42. The lowest BCUT2D eigenvalue weighted by molar-refractivity contribution is -0.137. The summed E-state index contributed by atoms with van der Waals surface area (Å²) in [6, 6.07) is 7.77. The van der Waals surface area contributed by atoms with Gasteiger partial charge < -0.3 is 15.4 Å². The number of anilines is 1. The van der Waals surface area contributed by atoms with Crippen LogP contribution < -0.4 is 15.4 Å². The Bertz CT molecular complexity index is 746. The minimum atomic E-state index is -4.41. The molecule has 1 aromatic carbocycles. The first-order valence-corrected chi connectivity index (χ1v) is 7.99. The predicted octanol–water partition coefficient (Wildman–Crippen LogP) is 3.32. The molecular formula is C18H20F3N3O2. The van der Waals surface area contributed by atoms with Gasteiger partial charge in [-0.2, -0.15) is 13.2 Å². The molecule has 140 valence electrons. The van der Waals surface area contributed by atoms with Gasteiger partial charge in [-0.1, -0.05) is 6.07 Å². The van der Waals surface area contributed by atoms with Crippen molar-refractivity contribution < 1.29 is 22.7 Å². The van der Waals surface area contributed by atoms with E-state index in [1.807, 2.05) is 26.0 Å². The number of hydrogen-bond acceptors (Lipinski definition) is 4. The SMILES string of the molecule is Cc1ccc(OCC(=O)NCCNc2ccc(C(F)(F)F)cn2)cc1C. The zero-order valence-electron chi connectivity index (χ0n) is 14.5. The van der Waals surface area contributed by atoms with Crippen LogP contribution in [0, 0.1) is 13.8 Å². The first-order valence-electron chi connectivity index (χ1n) is 7.99. The number of aromatic nitrogens is 1. The van der Waals surface area contributed by atoms with Crippen molar-refractivity contribution in [1.29, 1.82) is 0 Å². The maximum absolute atomic E-state index is 12.4. The van der Waals surface area contributed by atoms with Gasteiger partial charge in [0.1, 0.15) is 11.6 Å². The van der Waals surface area contributed by atoms with Crippen LogP contribution in [0.4, 0.5) is 19.0 Å². The van der Waals surface area contributed by atoms with Crippen molar-refractivity contribution in [2.24, 2.45) is 0 Å². The first-order chi connectivity index (χ1) is 12.3. The lowest BCUT2D eigenvalue weighted by Crippen LogP contribution is -2.32. The number of benzene rings is 1. The Balaban J connectivity index is 1.67. The quantitative estimate of drug-likeness (QED) is 0.737.